The van der Waals surface area contributed by atoms with E-state index in [9.17, 15) is 14.9 Å². The second-order valence-electron chi connectivity index (χ2n) is 4.83. The van der Waals surface area contributed by atoms with Crippen molar-refractivity contribution in [3.63, 3.8) is 0 Å². The largest absolute Gasteiger partial charge is 0.417 e. The monoisotopic (exact) mass is 300 g/mol. The standard InChI is InChI=1S/C16H16N2O4/c1-3-12-7-11(2)8-15(9-12)22-16(19)17-13-5-4-6-14(10-13)18(20)21/h4-10H,3H2,1-2H3,(H,17,19). The lowest BCUT2D eigenvalue weighted by Crippen LogP contribution is -2.17. The molecule has 1 amide bonds. The molecular weight excluding hydrogens is 284 g/mol. The number of hydrogen-bond acceptors (Lipinski definition) is 4. The molecule has 1 N–H and O–H groups in total. The minimum atomic E-state index is -0.687. The number of rotatable bonds is 4. The first-order valence-electron chi connectivity index (χ1n) is 6.82. The number of aryl methyl sites for hydroxylation is 2. The number of nitrogens with one attached hydrogen (secondary N) is 1. The molecule has 0 aliphatic carbocycles. The molecule has 114 valence electrons. The van der Waals surface area contributed by atoms with Crippen LogP contribution in [-0.2, 0) is 6.42 Å². The van der Waals surface area contributed by atoms with Crippen molar-refractivity contribution in [3.8, 4) is 5.75 Å². The molecule has 0 aromatic heterocycles. The van der Waals surface area contributed by atoms with Crippen molar-refractivity contribution in [3.05, 3.63) is 63.7 Å². The van der Waals surface area contributed by atoms with Crippen molar-refractivity contribution in [2.75, 3.05) is 5.32 Å². The van der Waals surface area contributed by atoms with E-state index in [4.69, 9.17) is 4.74 Å². The van der Waals surface area contributed by atoms with Gasteiger partial charge in [-0.05, 0) is 42.7 Å². The Morgan fingerprint density at radius 1 is 1.27 bits per heavy atom. The van der Waals surface area contributed by atoms with Gasteiger partial charge in [0, 0.05) is 12.1 Å². The topological polar surface area (TPSA) is 81.5 Å². The Balaban J connectivity index is 2.08. The number of nitro groups is 1. The number of non-ortho nitro benzene ring substituents is 1. The highest BCUT2D eigenvalue weighted by atomic mass is 16.6. The summed E-state index contributed by atoms with van der Waals surface area (Å²) in [5.74, 6) is 0.444. The normalized spacial score (nSPS) is 10.1. The summed E-state index contributed by atoms with van der Waals surface area (Å²) in [6.45, 7) is 3.94. The Morgan fingerprint density at radius 2 is 2.05 bits per heavy atom. The van der Waals surface area contributed by atoms with Gasteiger partial charge in [0.25, 0.3) is 5.69 Å². The van der Waals surface area contributed by atoms with Crippen LogP contribution in [0.1, 0.15) is 18.1 Å². The molecule has 2 rings (SSSR count). The van der Waals surface area contributed by atoms with Crippen LogP contribution in [0.15, 0.2) is 42.5 Å². The fourth-order valence-corrected chi connectivity index (χ4v) is 2.04. The highest BCUT2D eigenvalue weighted by Crippen LogP contribution is 2.20. The number of hydrogen-bond donors (Lipinski definition) is 1. The van der Waals surface area contributed by atoms with E-state index in [-0.39, 0.29) is 5.69 Å². The Kier molecular flexibility index (Phi) is 4.73. The Morgan fingerprint density at radius 3 is 2.73 bits per heavy atom. The van der Waals surface area contributed by atoms with E-state index < -0.39 is 11.0 Å². The molecule has 0 radical (unpaired) electrons. The average Bonchev–Trinajstić information content (AvgIpc) is 2.46. The number of amides is 1. The van der Waals surface area contributed by atoms with Crippen molar-refractivity contribution in [1.29, 1.82) is 0 Å². The molecule has 0 heterocycles. The Bertz CT molecular complexity index is 713. The van der Waals surface area contributed by atoms with Gasteiger partial charge in [-0.25, -0.2) is 4.79 Å². The summed E-state index contributed by atoms with van der Waals surface area (Å²) in [5.41, 5.74) is 2.28. The van der Waals surface area contributed by atoms with Crippen molar-refractivity contribution >= 4 is 17.5 Å². The molecule has 0 bridgehead atoms. The van der Waals surface area contributed by atoms with Crippen LogP contribution in [0.3, 0.4) is 0 Å². The minimum absolute atomic E-state index is 0.0957. The fourth-order valence-electron chi connectivity index (χ4n) is 2.04. The molecule has 6 heteroatoms. The van der Waals surface area contributed by atoms with Gasteiger partial charge in [-0.15, -0.1) is 0 Å². The van der Waals surface area contributed by atoms with E-state index in [0.29, 0.717) is 11.4 Å². The molecule has 0 spiro atoms. The molecule has 22 heavy (non-hydrogen) atoms. The van der Waals surface area contributed by atoms with Gasteiger partial charge >= 0.3 is 6.09 Å². The third-order valence-corrected chi connectivity index (χ3v) is 3.03. The van der Waals surface area contributed by atoms with Crippen molar-refractivity contribution in [2.24, 2.45) is 0 Å². The molecule has 0 atom stereocenters. The maximum Gasteiger partial charge on any atom is 0.417 e. The summed E-state index contributed by atoms with van der Waals surface area (Å²) < 4.78 is 5.22. The van der Waals surface area contributed by atoms with E-state index in [2.05, 4.69) is 5.32 Å². The van der Waals surface area contributed by atoms with Gasteiger partial charge in [-0.2, -0.15) is 0 Å². The molecule has 0 aliphatic rings. The fraction of sp³-hybridized carbons (Fsp3) is 0.188. The number of anilines is 1. The Hall–Kier alpha value is -2.89. The van der Waals surface area contributed by atoms with Gasteiger partial charge in [0.05, 0.1) is 10.6 Å². The summed E-state index contributed by atoms with van der Waals surface area (Å²) in [4.78, 5) is 22.0. The Labute approximate surface area is 127 Å². The van der Waals surface area contributed by atoms with Gasteiger partial charge in [-0.1, -0.05) is 19.1 Å². The van der Waals surface area contributed by atoms with Crippen LogP contribution in [0.4, 0.5) is 16.2 Å². The van der Waals surface area contributed by atoms with Gasteiger partial charge < -0.3 is 4.74 Å². The highest BCUT2D eigenvalue weighted by molar-refractivity contribution is 5.86. The number of carbonyl (C=O) groups excluding carboxylic acids is 1. The van der Waals surface area contributed by atoms with Gasteiger partial charge in [-0.3, -0.25) is 15.4 Å². The molecule has 0 fully saturated rings. The molecule has 0 saturated heterocycles. The van der Waals surface area contributed by atoms with Crippen LogP contribution in [0.25, 0.3) is 0 Å². The zero-order chi connectivity index (χ0) is 16.1. The predicted octanol–water partition coefficient (Wildman–Crippen LogP) is 4.08. The maximum atomic E-state index is 11.9. The van der Waals surface area contributed by atoms with Crippen LogP contribution in [-0.4, -0.2) is 11.0 Å². The maximum absolute atomic E-state index is 11.9. The van der Waals surface area contributed by atoms with E-state index in [1.807, 2.05) is 19.9 Å². The SMILES string of the molecule is CCc1cc(C)cc(OC(=O)Nc2cccc([N+](=O)[O-])c2)c1. The summed E-state index contributed by atoms with van der Waals surface area (Å²) in [5, 5.41) is 13.2. The van der Waals surface area contributed by atoms with Crippen LogP contribution in [0, 0.1) is 17.0 Å². The van der Waals surface area contributed by atoms with E-state index in [1.165, 1.54) is 18.2 Å². The first-order valence-corrected chi connectivity index (χ1v) is 6.82. The molecule has 0 unspecified atom stereocenters. The predicted molar refractivity (Wildman–Crippen MR) is 83.3 cm³/mol. The summed E-state index contributed by atoms with van der Waals surface area (Å²) in [6, 6.07) is 11.2. The molecular formula is C16H16N2O4. The minimum Gasteiger partial charge on any atom is -0.410 e. The van der Waals surface area contributed by atoms with Crippen LogP contribution >= 0.6 is 0 Å². The lowest BCUT2D eigenvalue weighted by atomic mass is 10.1. The summed E-state index contributed by atoms with van der Waals surface area (Å²) in [6.07, 6.45) is 0.151. The quantitative estimate of drug-likeness (QED) is 0.681. The number of ether oxygens (including phenoxy) is 1. The van der Waals surface area contributed by atoms with Gasteiger partial charge in [0.1, 0.15) is 5.75 Å². The van der Waals surface area contributed by atoms with Crippen molar-refractivity contribution < 1.29 is 14.5 Å². The molecule has 2 aromatic carbocycles. The average molecular weight is 300 g/mol. The first kappa shape index (κ1) is 15.5. The number of benzene rings is 2. The van der Waals surface area contributed by atoms with E-state index >= 15 is 0 Å². The van der Waals surface area contributed by atoms with Crippen LogP contribution in [0.5, 0.6) is 5.75 Å². The van der Waals surface area contributed by atoms with Crippen molar-refractivity contribution in [1.82, 2.24) is 0 Å². The van der Waals surface area contributed by atoms with Gasteiger partial charge in [0.15, 0.2) is 0 Å². The number of nitro benzene ring substituents is 1. The molecule has 6 nitrogen and oxygen atoms in total. The number of carbonyl (C=O) groups is 1. The zero-order valence-corrected chi connectivity index (χ0v) is 12.3. The lowest BCUT2D eigenvalue weighted by molar-refractivity contribution is -0.384. The van der Waals surface area contributed by atoms with Gasteiger partial charge in [0.2, 0.25) is 0 Å². The first-order chi connectivity index (χ1) is 10.5. The molecule has 0 saturated carbocycles. The second kappa shape index (κ2) is 6.71. The third-order valence-electron chi connectivity index (χ3n) is 3.03. The summed E-state index contributed by atoms with van der Waals surface area (Å²) in [7, 11) is 0. The number of nitrogens with zero attached hydrogens (tertiary/aromatic N) is 1. The van der Waals surface area contributed by atoms with E-state index in [1.54, 1.807) is 18.2 Å². The van der Waals surface area contributed by atoms with Crippen molar-refractivity contribution in [2.45, 2.75) is 20.3 Å². The van der Waals surface area contributed by atoms with E-state index in [0.717, 1.165) is 17.5 Å². The molecule has 0 aliphatic heterocycles. The van der Waals surface area contributed by atoms with Crippen LogP contribution < -0.4 is 10.1 Å². The van der Waals surface area contributed by atoms with Crippen LogP contribution in [0.2, 0.25) is 0 Å². The third kappa shape index (κ3) is 4.05. The lowest BCUT2D eigenvalue weighted by Gasteiger charge is -2.09. The summed E-state index contributed by atoms with van der Waals surface area (Å²) >= 11 is 0. The smallest absolute Gasteiger partial charge is 0.410 e. The molecule has 2 aromatic rings. The highest BCUT2D eigenvalue weighted by Gasteiger charge is 2.10. The second-order valence-corrected chi connectivity index (χ2v) is 4.83. The zero-order valence-electron chi connectivity index (χ0n) is 12.3.